The normalized spacial score (nSPS) is 18.2. The maximum atomic E-state index is 13.6. The Morgan fingerprint density at radius 2 is 1.63 bits per heavy atom. The molecule has 0 N–H and O–H groups in total. The van der Waals surface area contributed by atoms with Crippen molar-refractivity contribution >= 4 is 32.2 Å². The second kappa shape index (κ2) is 7.60. The lowest BCUT2D eigenvalue weighted by Crippen LogP contribution is -2.23. The van der Waals surface area contributed by atoms with Crippen LogP contribution >= 0.6 is 0 Å². The van der Waals surface area contributed by atoms with Crippen molar-refractivity contribution in [2.45, 2.75) is 24.2 Å². The Morgan fingerprint density at radius 1 is 0.900 bits per heavy atom. The lowest BCUT2D eigenvalue weighted by Gasteiger charge is -2.21. The van der Waals surface area contributed by atoms with Gasteiger partial charge in [-0.25, -0.2) is 12.4 Å². The van der Waals surface area contributed by atoms with Crippen molar-refractivity contribution in [1.29, 1.82) is 0 Å². The molecule has 1 saturated heterocycles. The van der Waals surface area contributed by atoms with Gasteiger partial charge in [0.2, 0.25) is 0 Å². The van der Waals surface area contributed by atoms with Crippen LogP contribution in [0.1, 0.15) is 24.8 Å². The third kappa shape index (κ3) is 3.34. The molecule has 30 heavy (non-hydrogen) atoms. The van der Waals surface area contributed by atoms with Gasteiger partial charge in [0.1, 0.15) is 0 Å². The van der Waals surface area contributed by atoms with E-state index in [1.807, 2.05) is 42.6 Å². The Morgan fingerprint density at radius 3 is 2.33 bits per heavy atom. The largest absolute Gasteiger partial charge is 0.372 e. The molecule has 2 aliphatic heterocycles. The van der Waals surface area contributed by atoms with Crippen molar-refractivity contribution in [1.82, 2.24) is 8.87 Å². The second-order valence-electron chi connectivity index (χ2n) is 8.29. The van der Waals surface area contributed by atoms with Gasteiger partial charge in [-0.05, 0) is 62.2 Å². The zero-order valence-corrected chi connectivity index (χ0v) is 18.1. The molecule has 3 heterocycles. The molecule has 5 rings (SSSR count). The number of hydrogen-bond donors (Lipinski definition) is 0. The lowest BCUT2D eigenvalue weighted by molar-refractivity contribution is 0.370. The first kappa shape index (κ1) is 19.4. The monoisotopic (exact) mass is 421 g/mol. The molecule has 5 nitrogen and oxygen atoms in total. The minimum absolute atomic E-state index is 0.329. The van der Waals surface area contributed by atoms with Gasteiger partial charge in [-0.2, -0.15) is 0 Å². The highest BCUT2D eigenvalue weighted by molar-refractivity contribution is 7.90. The second-order valence-corrected chi connectivity index (χ2v) is 10.1. The minimum atomic E-state index is -3.67. The predicted octanol–water partition coefficient (Wildman–Crippen LogP) is 4.20. The third-order valence-corrected chi connectivity index (χ3v) is 7.99. The first-order valence-corrected chi connectivity index (χ1v) is 12.1. The molecule has 0 spiro atoms. The number of benzene rings is 2. The van der Waals surface area contributed by atoms with Crippen LogP contribution in [-0.4, -0.2) is 50.5 Å². The molecule has 156 valence electrons. The van der Waals surface area contributed by atoms with Crippen LogP contribution in [-0.2, 0) is 10.0 Å². The van der Waals surface area contributed by atoms with E-state index >= 15 is 0 Å². The Bertz CT molecular complexity index is 1200. The van der Waals surface area contributed by atoms with E-state index in [9.17, 15) is 8.42 Å². The number of anilines is 1. The van der Waals surface area contributed by atoms with Crippen LogP contribution in [0.4, 0.5) is 5.69 Å². The molecule has 0 amide bonds. The Hall–Kier alpha value is -2.57. The van der Waals surface area contributed by atoms with Crippen molar-refractivity contribution in [2.75, 3.05) is 38.1 Å². The van der Waals surface area contributed by atoms with Crippen molar-refractivity contribution in [3.8, 4) is 0 Å². The van der Waals surface area contributed by atoms with Crippen LogP contribution in [0, 0.1) is 0 Å². The van der Waals surface area contributed by atoms with Gasteiger partial charge in [-0.15, -0.1) is 0 Å². The average molecular weight is 422 g/mol. The van der Waals surface area contributed by atoms with E-state index in [1.165, 1.54) is 22.4 Å². The smallest absolute Gasteiger partial charge is 0.268 e. The van der Waals surface area contributed by atoms with Gasteiger partial charge in [-0.1, -0.05) is 24.3 Å². The molecule has 0 saturated carbocycles. The fraction of sp³-hybridized carbons (Fsp3) is 0.333. The first-order valence-electron chi connectivity index (χ1n) is 10.6. The molecule has 1 aromatic heterocycles. The lowest BCUT2D eigenvalue weighted by atomic mass is 9.99. The van der Waals surface area contributed by atoms with Crippen LogP contribution in [0.25, 0.3) is 16.5 Å². The predicted molar refractivity (Wildman–Crippen MR) is 123 cm³/mol. The highest BCUT2D eigenvalue weighted by atomic mass is 32.2. The number of rotatable bonds is 4. The Kier molecular flexibility index (Phi) is 4.91. The minimum Gasteiger partial charge on any atom is -0.372 e. The highest BCUT2D eigenvalue weighted by Crippen LogP contribution is 2.33. The maximum Gasteiger partial charge on any atom is 0.268 e. The molecular formula is C24H27N3O2S. The summed E-state index contributed by atoms with van der Waals surface area (Å²) in [5.74, 6) is 0. The van der Waals surface area contributed by atoms with Gasteiger partial charge in [0.25, 0.3) is 10.0 Å². The van der Waals surface area contributed by atoms with Crippen LogP contribution in [0.3, 0.4) is 0 Å². The third-order valence-electron chi connectivity index (χ3n) is 6.30. The molecule has 1 fully saturated rings. The summed E-state index contributed by atoms with van der Waals surface area (Å²) in [5.41, 5.74) is 4.08. The Labute approximate surface area is 178 Å². The van der Waals surface area contributed by atoms with E-state index in [1.54, 1.807) is 12.1 Å². The van der Waals surface area contributed by atoms with Gasteiger partial charge < -0.3 is 9.80 Å². The van der Waals surface area contributed by atoms with Crippen molar-refractivity contribution < 1.29 is 8.42 Å². The molecule has 0 unspecified atom stereocenters. The van der Waals surface area contributed by atoms with Crippen molar-refractivity contribution in [3.05, 3.63) is 66.4 Å². The van der Waals surface area contributed by atoms with E-state index < -0.39 is 10.0 Å². The standard InChI is InChI=1S/C24H27N3O2S/c1-25-16-12-19(13-17-25)23-18-27(24-7-3-2-6-22(23)24)30(28,29)21-10-8-20(9-11-21)26-14-4-5-15-26/h2-3,6-12,18H,4-5,13-17H2,1H3. The maximum absolute atomic E-state index is 13.6. The molecule has 2 aliphatic rings. The number of nitrogens with zero attached hydrogens (tertiary/aromatic N) is 3. The molecule has 0 bridgehead atoms. The number of likely N-dealkylation sites (N-methyl/N-ethyl adjacent to an activating group) is 1. The van der Waals surface area contributed by atoms with Gasteiger partial charge in [0.05, 0.1) is 10.4 Å². The SMILES string of the molecule is CN1CC=C(c2cn(S(=O)(=O)c3ccc(N4CCCC4)cc3)c3ccccc23)CC1. The summed E-state index contributed by atoms with van der Waals surface area (Å²) in [6.45, 7) is 3.96. The summed E-state index contributed by atoms with van der Waals surface area (Å²) in [4.78, 5) is 4.91. The van der Waals surface area contributed by atoms with Gasteiger partial charge in [0.15, 0.2) is 0 Å². The van der Waals surface area contributed by atoms with Crippen molar-refractivity contribution in [2.24, 2.45) is 0 Å². The summed E-state index contributed by atoms with van der Waals surface area (Å²) >= 11 is 0. The van der Waals surface area contributed by atoms with Gasteiger partial charge in [0, 0.05) is 49.0 Å². The van der Waals surface area contributed by atoms with E-state index in [0.29, 0.717) is 4.90 Å². The quantitative estimate of drug-likeness (QED) is 0.633. The van der Waals surface area contributed by atoms with E-state index in [2.05, 4.69) is 22.9 Å². The molecule has 6 heteroatoms. The van der Waals surface area contributed by atoms with Crippen LogP contribution in [0.15, 0.2) is 65.7 Å². The Balaban J connectivity index is 1.57. The van der Waals surface area contributed by atoms with Crippen LogP contribution < -0.4 is 4.90 Å². The zero-order chi connectivity index (χ0) is 20.7. The summed E-state index contributed by atoms with van der Waals surface area (Å²) in [6, 6.07) is 15.1. The fourth-order valence-electron chi connectivity index (χ4n) is 4.54. The summed E-state index contributed by atoms with van der Waals surface area (Å²) < 4.78 is 28.6. The van der Waals surface area contributed by atoms with E-state index in [-0.39, 0.29) is 0 Å². The molecular weight excluding hydrogens is 394 g/mol. The number of hydrogen-bond acceptors (Lipinski definition) is 4. The number of para-hydroxylation sites is 1. The van der Waals surface area contributed by atoms with Crippen LogP contribution in [0.5, 0.6) is 0 Å². The summed E-state index contributed by atoms with van der Waals surface area (Å²) in [7, 11) is -1.57. The molecule has 3 aromatic rings. The van der Waals surface area contributed by atoms with Crippen LogP contribution in [0.2, 0.25) is 0 Å². The molecule has 0 radical (unpaired) electrons. The number of aromatic nitrogens is 1. The van der Waals surface area contributed by atoms with E-state index in [4.69, 9.17) is 0 Å². The van der Waals surface area contributed by atoms with Gasteiger partial charge >= 0.3 is 0 Å². The molecule has 0 atom stereocenters. The first-order chi connectivity index (χ1) is 14.5. The average Bonchev–Trinajstić information content (AvgIpc) is 3.43. The fourth-order valence-corrected chi connectivity index (χ4v) is 5.91. The van der Waals surface area contributed by atoms with E-state index in [0.717, 1.165) is 54.8 Å². The summed E-state index contributed by atoms with van der Waals surface area (Å²) in [5, 5.41) is 0.991. The zero-order valence-electron chi connectivity index (χ0n) is 17.3. The molecule has 0 aliphatic carbocycles. The number of fused-ring (bicyclic) bond motifs is 1. The summed E-state index contributed by atoms with van der Waals surface area (Å²) in [6.07, 6.45) is 7.35. The molecule has 2 aromatic carbocycles. The highest BCUT2D eigenvalue weighted by Gasteiger charge is 2.23. The van der Waals surface area contributed by atoms with Gasteiger partial charge in [-0.3, -0.25) is 0 Å². The topological polar surface area (TPSA) is 45.6 Å². The van der Waals surface area contributed by atoms with Crippen molar-refractivity contribution in [3.63, 3.8) is 0 Å².